The van der Waals surface area contributed by atoms with Crippen molar-refractivity contribution in [3.8, 4) is 0 Å². The van der Waals surface area contributed by atoms with E-state index in [1.165, 1.54) is 5.57 Å². The van der Waals surface area contributed by atoms with Gasteiger partial charge in [0.25, 0.3) is 0 Å². The van der Waals surface area contributed by atoms with Crippen molar-refractivity contribution in [2.24, 2.45) is 5.92 Å². The summed E-state index contributed by atoms with van der Waals surface area (Å²) in [6.07, 6.45) is 2.09. The quantitative estimate of drug-likeness (QED) is 0.528. The van der Waals surface area contributed by atoms with Gasteiger partial charge in [-0.3, -0.25) is 4.90 Å². The first kappa shape index (κ1) is 13.7. The van der Waals surface area contributed by atoms with Crippen LogP contribution in [0.4, 0.5) is 0 Å². The highest BCUT2D eigenvalue weighted by Crippen LogP contribution is 2.17. The van der Waals surface area contributed by atoms with Gasteiger partial charge in [-0.1, -0.05) is 20.4 Å². The average molecular weight is 226 g/mol. The fourth-order valence-electron chi connectivity index (χ4n) is 2.07. The van der Waals surface area contributed by atoms with Gasteiger partial charge in [-0.15, -0.1) is 0 Å². The molecule has 0 saturated carbocycles. The van der Waals surface area contributed by atoms with E-state index in [0.717, 1.165) is 45.6 Å². The predicted octanol–water partition coefficient (Wildman–Crippen LogP) is 1.24. The Hall–Kier alpha value is -0.380. The van der Waals surface area contributed by atoms with E-state index in [-0.39, 0.29) is 6.10 Å². The van der Waals surface area contributed by atoms with Gasteiger partial charge in [0.15, 0.2) is 0 Å². The smallest absolute Gasteiger partial charge is 0.0693 e. The van der Waals surface area contributed by atoms with Crippen LogP contribution < -0.4 is 5.32 Å². The zero-order valence-electron chi connectivity index (χ0n) is 10.7. The lowest BCUT2D eigenvalue weighted by molar-refractivity contribution is 0.0331. The molecule has 2 unspecified atom stereocenters. The van der Waals surface area contributed by atoms with Gasteiger partial charge in [-0.25, -0.2) is 0 Å². The van der Waals surface area contributed by atoms with Crippen LogP contribution >= 0.6 is 0 Å². The topological polar surface area (TPSA) is 35.5 Å². The summed E-state index contributed by atoms with van der Waals surface area (Å²) in [5.74, 6) is 0.447. The average Bonchev–Trinajstić information content (AvgIpc) is 2.24. The highest BCUT2D eigenvalue weighted by molar-refractivity contribution is 5.00. The van der Waals surface area contributed by atoms with Crippen LogP contribution in [0.1, 0.15) is 26.7 Å². The number of aliphatic hydroxyl groups excluding tert-OH is 1. The maximum Gasteiger partial charge on any atom is 0.0693 e. The van der Waals surface area contributed by atoms with Crippen molar-refractivity contribution in [3.63, 3.8) is 0 Å². The molecule has 0 bridgehead atoms. The molecule has 0 aromatic heterocycles. The first-order chi connectivity index (χ1) is 7.63. The molecule has 0 aromatic rings. The van der Waals surface area contributed by atoms with Gasteiger partial charge in [-0.2, -0.15) is 0 Å². The maximum atomic E-state index is 9.79. The number of piperidine rings is 1. The Morgan fingerprint density at radius 3 is 2.94 bits per heavy atom. The third-order valence-corrected chi connectivity index (χ3v) is 3.25. The van der Waals surface area contributed by atoms with E-state index >= 15 is 0 Å². The fourth-order valence-corrected chi connectivity index (χ4v) is 2.07. The molecule has 0 aromatic carbocycles. The third-order valence-electron chi connectivity index (χ3n) is 3.25. The molecule has 3 heteroatoms. The highest BCUT2D eigenvalue weighted by atomic mass is 16.3. The van der Waals surface area contributed by atoms with Crippen LogP contribution in [0, 0.1) is 5.92 Å². The maximum absolute atomic E-state index is 9.79. The summed E-state index contributed by atoms with van der Waals surface area (Å²) in [6.45, 7) is 13.1. The summed E-state index contributed by atoms with van der Waals surface area (Å²) in [6, 6.07) is 0. The Balaban J connectivity index is 2.19. The Morgan fingerprint density at radius 2 is 2.31 bits per heavy atom. The molecule has 1 rings (SSSR count). The second kappa shape index (κ2) is 7.05. The van der Waals surface area contributed by atoms with E-state index in [9.17, 15) is 5.11 Å². The molecule has 2 N–H and O–H groups in total. The first-order valence-electron chi connectivity index (χ1n) is 6.41. The van der Waals surface area contributed by atoms with Crippen LogP contribution in [-0.2, 0) is 0 Å². The largest absolute Gasteiger partial charge is 0.392 e. The summed E-state index contributed by atoms with van der Waals surface area (Å²) < 4.78 is 0. The minimum Gasteiger partial charge on any atom is -0.392 e. The molecular formula is C13H26N2O. The Labute approximate surface area is 99.5 Å². The molecule has 0 aliphatic carbocycles. The number of β-amino-alcohol motifs (C(OH)–C–C–N with tert-alkyl or cyclic N) is 1. The van der Waals surface area contributed by atoms with Crippen LogP contribution in [0.25, 0.3) is 0 Å². The van der Waals surface area contributed by atoms with E-state index in [2.05, 4.69) is 30.6 Å². The van der Waals surface area contributed by atoms with E-state index in [0.29, 0.717) is 5.92 Å². The van der Waals surface area contributed by atoms with Gasteiger partial charge in [0.2, 0.25) is 0 Å². The lowest BCUT2D eigenvalue weighted by atomic mass is 9.96. The molecule has 1 heterocycles. The molecule has 94 valence electrons. The van der Waals surface area contributed by atoms with Gasteiger partial charge < -0.3 is 10.4 Å². The minimum absolute atomic E-state index is 0.162. The van der Waals surface area contributed by atoms with Crippen molar-refractivity contribution in [2.45, 2.75) is 32.8 Å². The Morgan fingerprint density at radius 1 is 1.56 bits per heavy atom. The third kappa shape index (κ3) is 4.64. The van der Waals surface area contributed by atoms with Crippen LogP contribution in [0.3, 0.4) is 0 Å². The van der Waals surface area contributed by atoms with Crippen LogP contribution in [0.15, 0.2) is 12.2 Å². The van der Waals surface area contributed by atoms with Crippen LogP contribution in [0.2, 0.25) is 0 Å². The Kier molecular flexibility index (Phi) is 6.03. The lowest BCUT2D eigenvalue weighted by Gasteiger charge is -2.34. The van der Waals surface area contributed by atoms with Crippen molar-refractivity contribution in [1.82, 2.24) is 10.2 Å². The van der Waals surface area contributed by atoms with Crippen LogP contribution in [-0.4, -0.2) is 48.8 Å². The molecule has 0 spiro atoms. The zero-order chi connectivity index (χ0) is 12.0. The minimum atomic E-state index is -0.162. The lowest BCUT2D eigenvalue weighted by Crippen LogP contribution is -2.44. The van der Waals surface area contributed by atoms with E-state index in [1.54, 1.807) is 0 Å². The molecular weight excluding hydrogens is 200 g/mol. The molecule has 2 atom stereocenters. The molecule has 0 radical (unpaired) electrons. The molecule has 16 heavy (non-hydrogen) atoms. The number of likely N-dealkylation sites (tertiary alicyclic amines) is 1. The number of aliphatic hydroxyl groups is 1. The summed E-state index contributed by atoms with van der Waals surface area (Å²) in [5.41, 5.74) is 1.22. The summed E-state index contributed by atoms with van der Waals surface area (Å²) in [4.78, 5) is 2.31. The van der Waals surface area contributed by atoms with Crippen molar-refractivity contribution >= 4 is 0 Å². The highest BCUT2D eigenvalue weighted by Gasteiger charge is 2.23. The van der Waals surface area contributed by atoms with Crippen molar-refractivity contribution in [3.05, 3.63) is 12.2 Å². The number of hydrogen-bond acceptors (Lipinski definition) is 3. The molecule has 3 nitrogen and oxygen atoms in total. The molecule has 0 amide bonds. The van der Waals surface area contributed by atoms with Crippen molar-refractivity contribution in [1.29, 1.82) is 0 Å². The van der Waals surface area contributed by atoms with Crippen LogP contribution in [0.5, 0.6) is 0 Å². The number of hydrogen-bond donors (Lipinski definition) is 2. The normalized spacial score (nSPS) is 26.9. The summed E-state index contributed by atoms with van der Waals surface area (Å²) in [5, 5.41) is 13.1. The van der Waals surface area contributed by atoms with Crippen molar-refractivity contribution in [2.75, 3.05) is 32.7 Å². The standard InChI is InChI=1S/C13H26N2O/c1-4-6-14-8-11(2)9-15-7-5-12(3)13(16)10-15/h12-14,16H,2,4-10H2,1,3H3. The molecule has 1 aliphatic heterocycles. The second-order valence-electron chi connectivity index (χ2n) is 5.00. The van der Waals surface area contributed by atoms with Gasteiger partial charge >= 0.3 is 0 Å². The molecule has 1 fully saturated rings. The van der Waals surface area contributed by atoms with E-state index < -0.39 is 0 Å². The van der Waals surface area contributed by atoms with Gasteiger partial charge in [0.05, 0.1) is 6.10 Å². The van der Waals surface area contributed by atoms with Gasteiger partial charge in [-0.05, 0) is 37.4 Å². The number of nitrogens with one attached hydrogen (secondary N) is 1. The van der Waals surface area contributed by atoms with E-state index in [4.69, 9.17) is 0 Å². The SMILES string of the molecule is C=C(CNCCC)CN1CCC(C)C(O)C1. The first-order valence-corrected chi connectivity index (χ1v) is 6.41. The number of rotatable bonds is 6. The predicted molar refractivity (Wildman–Crippen MR) is 68.5 cm³/mol. The summed E-state index contributed by atoms with van der Waals surface area (Å²) in [7, 11) is 0. The zero-order valence-corrected chi connectivity index (χ0v) is 10.7. The Bertz CT molecular complexity index is 218. The summed E-state index contributed by atoms with van der Waals surface area (Å²) >= 11 is 0. The number of nitrogens with zero attached hydrogens (tertiary/aromatic N) is 1. The van der Waals surface area contributed by atoms with Gasteiger partial charge in [0, 0.05) is 19.6 Å². The van der Waals surface area contributed by atoms with E-state index in [1.807, 2.05) is 0 Å². The van der Waals surface area contributed by atoms with Crippen molar-refractivity contribution < 1.29 is 5.11 Å². The monoisotopic (exact) mass is 226 g/mol. The fraction of sp³-hybridized carbons (Fsp3) is 0.846. The molecule has 1 aliphatic rings. The molecule has 1 saturated heterocycles. The van der Waals surface area contributed by atoms with Gasteiger partial charge in [0.1, 0.15) is 0 Å². The second-order valence-corrected chi connectivity index (χ2v) is 5.00.